The largest absolute Gasteiger partial charge is 0.344 e. The van der Waals surface area contributed by atoms with Gasteiger partial charge in [0.2, 0.25) is 17.6 Å². The van der Waals surface area contributed by atoms with E-state index in [0.717, 1.165) is 5.75 Å². The van der Waals surface area contributed by atoms with Crippen LogP contribution in [0.25, 0.3) is 11.4 Å². The van der Waals surface area contributed by atoms with Crippen LogP contribution in [0, 0.1) is 5.82 Å². The molecular weight excluding hydrogens is 305 g/mol. The average Bonchev–Trinajstić information content (AvgIpc) is 2.98. The molecule has 22 heavy (non-hydrogen) atoms. The highest BCUT2D eigenvalue weighted by Crippen LogP contribution is 2.19. The molecular formula is C15H16FN3O2S. The second-order valence-electron chi connectivity index (χ2n) is 4.56. The quantitative estimate of drug-likeness (QED) is 0.627. The first-order valence-corrected chi connectivity index (χ1v) is 7.83. The van der Waals surface area contributed by atoms with E-state index in [1.165, 1.54) is 23.9 Å². The number of hydrogen-bond acceptors (Lipinski definition) is 5. The van der Waals surface area contributed by atoms with Crippen LogP contribution in [0.4, 0.5) is 4.39 Å². The Hall–Kier alpha value is -2.15. The van der Waals surface area contributed by atoms with Crippen molar-refractivity contribution >= 4 is 17.7 Å². The number of rotatable bonds is 7. The van der Waals surface area contributed by atoms with Crippen molar-refractivity contribution in [3.63, 3.8) is 0 Å². The summed E-state index contributed by atoms with van der Waals surface area (Å²) in [6.45, 7) is 5.36. The number of amides is 1. The minimum absolute atomic E-state index is 0.110. The van der Waals surface area contributed by atoms with E-state index in [-0.39, 0.29) is 11.7 Å². The van der Waals surface area contributed by atoms with Gasteiger partial charge in [0.15, 0.2) is 0 Å². The van der Waals surface area contributed by atoms with Crippen molar-refractivity contribution in [3.05, 3.63) is 48.6 Å². The Balaban J connectivity index is 1.96. The van der Waals surface area contributed by atoms with Crippen LogP contribution >= 0.6 is 11.8 Å². The molecule has 2 aromatic rings. The van der Waals surface area contributed by atoms with Crippen molar-refractivity contribution in [2.24, 2.45) is 0 Å². The highest BCUT2D eigenvalue weighted by atomic mass is 32.2. The third-order valence-electron chi connectivity index (χ3n) is 2.76. The Bertz CT molecular complexity index is 642. The molecule has 1 aromatic heterocycles. The van der Waals surface area contributed by atoms with Gasteiger partial charge in [-0.15, -0.1) is 18.3 Å². The number of aromatic nitrogens is 2. The molecule has 0 saturated carbocycles. The number of nitrogens with one attached hydrogen (secondary N) is 1. The summed E-state index contributed by atoms with van der Waals surface area (Å²) in [5, 5.41) is 6.62. The summed E-state index contributed by atoms with van der Waals surface area (Å²) < 4.78 is 18.0. The maximum absolute atomic E-state index is 12.9. The fourth-order valence-corrected chi connectivity index (χ4v) is 2.26. The molecule has 1 heterocycles. The van der Waals surface area contributed by atoms with E-state index in [2.05, 4.69) is 22.0 Å². The number of carbonyl (C=O) groups excluding carboxylic acids is 1. The Morgan fingerprint density at radius 3 is 2.91 bits per heavy atom. The number of benzene rings is 1. The topological polar surface area (TPSA) is 68.0 Å². The van der Waals surface area contributed by atoms with Gasteiger partial charge in [-0.2, -0.15) is 4.98 Å². The zero-order valence-corrected chi connectivity index (χ0v) is 12.9. The molecule has 0 spiro atoms. The minimum atomic E-state index is -0.390. The number of halogens is 1. The van der Waals surface area contributed by atoms with E-state index in [0.29, 0.717) is 23.0 Å². The van der Waals surface area contributed by atoms with Gasteiger partial charge >= 0.3 is 0 Å². The van der Waals surface area contributed by atoms with Crippen molar-refractivity contribution in [1.82, 2.24) is 15.5 Å². The van der Waals surface area contributed by atoms with Crippen LogP contribution in [0.1, 0.15) is 18.9 Å². The summed E-state index contributed by atoms with van der Waals surface area (Å²) in [5.74, 6) is 1.29. The zero-order chi connectivity index (χ0) is 15.9. The Kier molecular flexibility index (Phi) is 5.71. The van der Waals surface area contributed by atoms with E-state index in [9.17, 15) is 9.18 Å². The van der Waals surface area contributed by atoms with Gasteiger partial charge in [0.1, 0.15) is 11.9 Å². The van der Waals surface area contributed by atoms with Gasteiger partial charge < -0.3 is 9.84 Å². The van der Waals surface area contributed by atoms with Gasteiger partial charge in [-0.25, -0.2) is 4.39 Å². The number of hydrogen-bond donors (Lipinski definition) is 1. The lowest BCUT2D eigenvalue weighted by molar-refractivity contribution is -0.119. The molecule has 1 atom stereocenters. The van der Waals surface area contributed by atoms with E-state index in [1.807, 2.05) is 0 Å². The lowest BCUT2D eigenvalue weighted by Crippen LogP contribution is -2.28. The molecule has 0 aliphatic heterocycles. The van der Waals surface area contributed by atoms with Gasteiger partial charge in [0, 0.05) is 11.3 Å². The first-order valence-electron chi connectivity index (χ1n) is 6.67. The van der Waals surface area contributed by atoms with Crippen molar-refractivity contribution in [2.45, 2.75) is 13.0 Å². The maximum atomic E-state index is 12.9. The molecule has 1 amide bonds. The first kappa shape index (κ1) is 16.2. The predicted octanol–water partition coefficient (Wildman–Crippen LogP) is 2.97. The van der Waals surface area contributed by atoms with Gasteiger partial charge in [0.25, 0.3) is 0 Å². The lowest BCUT2D eigenvalue weighted by Gasteiger charge is -2.08. The maximum Gasteiger partial charge on any atom is 0.249 e. The number of nitrogens with zero attached hydrogens (tertiary/aromatic N) is 2. The van der Waals surface area contributed by atoms with Crippen LogP contribution in [-0.2, 0) is 4.79 Å². The molecule has 7 heteroatoms. The predicted molar refractivity (Wildman–Crippen MR) is 83.8 cm³/mol. The summed E-state index contributed by atoms with van der Waals surface area (Å²) in [4.78, 5) is 15.9. The standard InChI is InChI=1S/C15H16FN3O2S/c1-3-8-22-9-13(20)17-10(2)15-18-14(19-21-15)11-4-6-12(16)7-5-11/h3-7,10H,1,8-9H2,2H3,(H,17,20). The molecule has 0 radical (unpaired) electrons. The van der Waals surface area contributed by atoms with E-state index >= 15 is 0 Å². The third-order valence-corrected chi connectivity index (χ3v) is 3.70. The molecule has 0 aliphatic rings. The SMILES string of the molecule is C=CCSCC(=O)NC(C)c1nc(-c2ccc(F)cc2)no1. The van der Waals surface area contributed by atoms with Gasteiger partial charge in [-0.3, -0.25) is 4.79 Å². The number of thioether (sulfide) groups is 1. The van der Waals surface area contributed by atoms with Gasteiger partial charge in [-0.1, -0.05) is 11.2 Å². The summed E-state index contributed by atoms with van der Waals surface area (Å²) in [5.41, 5.74) is 0.650. The molecule has 0 fully saturated rings. The van der Waals surface area contributed by atoms with Crippen molar-refractivity contribution in [2.75, 3.05) is 11.5 Å². The minimum Gasteiger partial charge on any atom is -0.344 e. The summed E-state index contributed by atoms with van der Waals surface area (Å²) in [6.07, 6.45) is 1.74. The normalized spacial score (nSPS) is 11.9. The van der Waals surface area contributed by atoms with E-state index < -0.39 is 6.04 Å². The molecule has 116 valence electrons. The summed E-state index contributed by atoms with van der Waals surface area (Å²) >= 11 is 1.47. The Morgan fingerprint density at radius 1 is 1.50 bits per heavy atom. The van der Waals surface area contributed by atoms with Crippen LogP contribution in [0.2, 0.25) is 0 Å². The molecule has 1 aromatic carbocycles. The van der Waals surface area contributed by atoms with Crippen LogP contribution < -0.4 is 5.32 Å². The molecule has 0 aliphatic carbocycles. The Labute approximate surface area is 132 Å². The van der Waals surface area contributed by atoms with Crippen LogP contribution in [-0.4, -0.2) is 27.6 Å². The average molecular weight is 321 g/mol. The summed E-state index contributed by atoms with van der Waals surface area (Å²) in [7, 11) is 0. The second kappa shape index (κ2) is 7.74. The van der Waals surface area contributed by atoms with Gasteiger partial charge in [-0.05, 0) is 31.2 Å². The third kappa shape index (κ3) is 4.42. The second-order valence-corrected chi connectivity index (χ2v) is 5.59. The Morgan fingerprint density at radius 2 is 2.23 bits per heavy atom. The molecule has 2 rings (SSSR count). The highest BCUT2D eigenvalue weighted by molar-refractivity contribution is 8.00. The van der Waals surface area contributed by atoms with Gasteiger partial charge in [0.05, 0.1) is 5.75 Å². The smallest absolute Gasteiger partial charge is 0.249 e. The summed E-state index contributed by atoms with van der Waals surface area (Å²) in [6, 6.07) is 5.40. The van der Waals surface area contributed by atoms with Crippen LogP contribution in [0.15, 0.2) is 41.4 Å². The lowest BCUT2D eigenvalue weighted by atomic mass is 10.2. The molecule has 5 nitrogen and oxygen atoms in total. The fourth-order valence-electron chi connectivity index (χ4n) is 1.71. The molecule has 0 saturated heterocycles. The zero-order valence-electron chi connectivity index (χ0n) is 12.1. The highest BCUT2D eigenvalue weighted by Gasteiger charge is 2.17. The van der Waals surface area contributed by atoms with Crippen LogP contribution in [0.5, 0.6) is 0 Å². The molecule has 1 N–H and O–H groups in total. The van der Waals surface area contributed by atoms with E-state index in [1.54, 1.807) is 25.1 Å². The van der Waals surface area contributed by atoms with Crippen molar-refractivity contribution in [1.29, 1.82) is 0 Å². The first-order chi connectivity index (χ1) is 10.6. The molecule has 0 bridgehead atoms. The van der Waals surface area contributed by atoms with Crippen molar-refractivity contribution < 1.29 is 13.7 Å². The number of carbonyl (C=O) groups is 1. The van der Waals surface area contributed by atoms with E-state index in [4.69, 9.17) is 4.52 Å². The fraction of sp³-hybridized carbons (Fsp3) is 0.267. The van der Waals surface area contributed by atoms with Crippen molar-refractivity contribution in [3.8, 4) is 11.4 Å². The monoisotopic (exact) mass is 321 g/mol. The molecule has 1 unspecified atom stereocenters. The van der Waals surface area contributed by atoms with Crippen LogP contribution in [0.3, 0.4) is 0 Å².